The molecule has 0 spiro atoms. The van der Waals surface area contributed by atoms with Crippen molar-refractivity contribution in [1.82, 2.24) is 10.2 Å². The minimum absolute atomic E-state index is 0.0929. The topological polar surface area (TPSA) is 96.6 Å². The lowest BCUT2D eigenvalue weighted by Crippen LogP contribution is -2.69. The minimum Gasteiger partial charge on any atom is -0.390 e. The summed E-state index contributed by atoms with van der Waals surface area (Å²) in [7, 11) is 0. The van der Waals surface area contributed by atoms with E-state index in [-0.39, 0.29) is 23.9 Å². The van der Waals surface area contributed by atoms with Crippen molar-refractivity contribution in [1.29, 1.82) is 5.26 Å². The summed E-state index contributed by atoms with van der Waals surface area (Å²) < 4.78 is 0. The zero-order valence-electron chi connectivity index (χ0n) is 10.7. The Bertz CT molecular complexity index is 420. The fourth-order valence-corrected chi connectivity index (χ4v) is 3.70. The summed E-state index contributed by atoms with van der Waals surface area (Å²) >= 11 is 0. The maximum absolute atomic E-state index is 12.5. The monoisotopic (exact) mass is 265 g/mol. The Hall–Kier alpha value is -1.16. The van der Waals surface area contributed by atoms with Crippen molar-refractivity contribution in [3.05, 3.63) is 0 Å². The lowest BCUT2D eigenvalue weighted by atomic mass is 9.72. The molecule has 0 radical (unpaired) electrons. The molecule has 6 atom stereocenters. The molecule has 3 aliphatic heterocycles. The molecule has 1 amide bonds. The molecule has 1 aliphatic carbocycles. The number of piperidine rings is 2. The third kappa shape index (κ3) is 1.93. The Kier molecular flexibility index (Phi) is 3.21. The second kappa shape index (κ2) is 4.75. The molecule has 3 heterocycles. The van der Waals surface area contributed by atoms with Crippen LogP contribution in [0.2, 0.25) is 0 Å². The number of carbonyl (C=O) groups excluding carboxylic acids is 1. The van der Waals surface area contributed by atoms with E-state index in [1.54, 1.807) is 4.90 Å². The molecule has 1 saturated carbocycles. The minimum atomic E-state index is -0.836. The molecule has 4 rings (SSSR count). The molecular formula is C13H19N3O3. The standard InChI is InChI=1S/C13H19N3O3/c14-6-7-2-1-5-16(7)13(19)10-8-3-4-9(15-10)12(18)11(8)17/h7-12,15,17-18H,1-5H2. The summed E-state index contributed by atoms with van der Waals surface area (Å²) in [5, 5.41) is 32.1. The van der Waals surface area contributed by atoms with Gasteiger partial charge in [0.1, 0.15) is 6.04 Å². The van der Waals surface area contributed by atoms with Gasteiger partial charge in [-0.25, -0.2) is 0 Å². The summed E-state index contributed by atoms with van der Waals surface area (Å²) in [6.45, 7) is 0.616. The third-order valence-electron chi connectivity index (χ3n) is 4.78. The van der Waals surface area contributed by atoms with E-state index in [0.29, 0.717) is 6.54 Å². The van der Waals surface area contributed by atoms with E-state index in [1.807, 2.05) is 0 Å². The zero-order chi connectivity index (χ0) is 13.6. The number of aliphatic hydroxyl groups excluding tert-OH is 2. The van der Waals surface area contributed by atoms with Gasteiger partial charge in [0, 0.05) is 18.5 Å². The first kappa shape index (κ1) is 12.9. The summed E-state index contributed by atoms with van der Waals surface area (Å²) in [6.07, 6.45) is 1.50. The Labute approximate surface area is 112 Å². The summed E-state index contributed by atoms with van der Waals surface area (Å²) in [5.41, 5.74) is 0. The predicted octanol–water partition coefficient (Wildman–Crippen LogP) is -1.03. The maximum atomic E-state index is 12.5. The average Bonchev–Trinajstić information content (AvgIpc) is 2.91. The van der Waals surface area contributed by atoms with Gasteiger partial charge in [0.2, 0.25) is 5.91 Å². The largest absolute Gasteiger partial charge is 0.390 e. The van der Waals surface area contributed by atoms with Crippen molar-refractivity contribution in [3.63, 3.8) is 0 Å². The van der Waals surface area contributed by atoms with Crippen LogP contribution in [0.1, 0.15) is 25.7 Å². The number of nitrogens with one attached hydrogen (secondary N) is 1. The van der Waals surface area contributed by atoms with Gasteiger partial charge in [-0.05, 0) is 25.7 Å². The van der Waals surface area contributed by atoms with Crippen molar-refractivity contribution in [2.24, 2.45) is 5.92 Å². The molecule has 0 aromatic heterocycles. The van der Waals surface area contributed by atoms with Crippen LogP contribution in [0.15, 0.2) is 0 Å². The second-order valence-electron chi connectivity index (χ2n) is 5.79. The van der Waals surface area contributed by atoms with Gasteiger partial charge in [-0.1, -0.05) is 0 Å². The summed E-state index contributed by atoms with van der Waals surface area (Å²) in [5.74, 6) is -0.336. The fraction of sp³-hybridized carbons (Fsp3) is 0.846. The van der Waals surface area contributed by atoms with Crippen LogP contribution in [0.25, 0.3) is 0 Å². The molecule has 0 aromatic carbocycles. The van der Waals surface area contributed by atoms with Crippen LogP contribution in [0.4, 0.5) is 0 Å². The van der Waals surface area contributed by atoms with Crippen molar-refractivity contribution in [2.75, 3.05) is 6.54 Å². The lowest BCUT2D eigenvalue weighted by molar-refractivity contribution is -0.150. The number of amides is 1. The molecule has 2 bridgehead atoms. The van der Waals surface area contributed by atoms with Crippen LogP contribution >= 0.6 is 0 Å². The second-order valence-corrected chi connectivity index (χ2v) is 5.79. The SMILES string of the molecule is N#CC1CCCN1C(=O)C1NC2CCC1C(O)C2O. The highest BCUT2D eigenvalue weighted by Gasteiger charge is 2.51. The van der Waals surface area contributed by atoms with Crippen LogP contribution in [-0.4, -0.2) is 57.9 Å². The number of hydrogen-bond acceptors (Lipinski definition) is 5. The molecule has 6 heteroatoms. The highest BCUT2D eigenvalue weighted by atomic mass is 16.3. The van der Waals surface area contributed by atoms with E-state index >= 15 is 0 Å². The quantitative estimate of drug-likeness (QED) is 0.563. The van der Waals surface area contributed by atoms with Gasteiger partial charge in [0.05, 0.1) is 24.3 Å². The van der Waals surface area contributed by atoms with E-state index in [0.717, 1.165) is 25.7 Å². The third-order valence-corrected chi connectivity index (χ3v) is 4.78. The van der Waals surface area contributed by atoms with E-state index < -0.39 is 18.2 Å². The number of rotatable bonds is 1. The van der Waals surface area contributed by atoms with Crippen LogP contribution in [0.3, 0.4) is 0 Å². The molecule has 4 fully saturated rings. The fourth-order valence-electron chi connectivity index (χ4n) is 3.70. The number of carbonyl (C=O) groups is 1. The number of likely N-dealkylation sites (tertiary alicyclic amines) is 1. The van der Waals surface area contributed by atoms with Crippen LogP contribution in [0, 0.1) is 17.2 Å². The molecule has 4 aliphatic rings. The molecular weight excluding hydrogens is 246 g/mol. The van der Waals surface area contributed by atoms with Gasteiger partial charge in [-0.15, -0.1) is 0 Å². The molecule has 3 N–H and O–H groups in total. The van der Waals surface area contributed by atoms with E-state index in [9.17, 15) is 15.0 Å². The maximum Gasteiger partial charge on any atom is 0.241 e. The zero-order valence-corrected chi connectivity index (χ0v) is 10.7. The molecule has 104 valence electrons. The first-order valence-corrected chi connectivity index (χ1v) is 6.95. The Morgan fingerprint density at radius 3 is 2.74 bits per heavy atom. The first-order valence-electron chi connectivity index (χ1n) is 6.95. The predicted molar refractivity (Wildman–Crippen MR) is 65.8 cm³/mol. The van der Waals surface area contributed by atoms with Crippen LogP contribution < -0.4 is 5.32 Å². The summed E-state index contributed by atoms with van der Waals surface area (Å²) in [4.78, 5) is 14.2. The van der Waals surface area contributed by atoms with Gasteiger partial charge in [-0.3, -0.25) is 4.79 Å². The van der Waals surface area contributed by atoms with E-state index in [4.69, 9.17) is 5.26 Å². The van der Waals surface area contributed by atoms with Crippen molar-refractivity contribution >= 4 is 5.91 Å². The van der Waals surface area contributed by atoms with Gasteiger partial charge in [0.25, 0.3) is 0 Å². The lowest BCUT2D eigenvalue weighted by Gasteiger charge is -2.49. The van der Waals surface area contributed by atoms with Gasteiger partial charge in [0.15, 0.2) is 0 Å². The number of nitriles is 1. The highest BCUT2D eigenvalue weighted by Crippen LogP contribution is 2.35. The number of hydrogen-bond donors (Lipinski definition) is 3. The Morgan fingerprint density at radius 1 is 1.26 bits per heavy atom. The van der Waals surface area contributed by atoms with Crippen LogP contribution in [-0.2, 0) is 4.79 Å². The van der Waals surface area contributed by atoms with Crippen molar-refractivity contribution in [3.8, 4) is 6.07 Å². The average molecular weight is 265 g/mol. The Morgan fingerprint density at radius 2 is 2.05 bits per heavy atom. The van der Waals surface area contributed by atoms with Crippen LogP contribution in [0.5, 0.6) is 0 Å². The van der Waals surface area contributed by atoms with E-state index in [1.165, 1.54) is 0 Å². The Balaban J connectivity index is 1.76. The van der Waals surface area contributed by atoms with E-state index in [2.05, 4.69) is 11.4 Å². The normalized spacial score (nSPS) is 45.2. The molecule has 6 nitrogen and oxygen atoms in total. The molecule has 3 saturated heterocycles. The van der Waals surface area contributed by atoms with Gasteiger partial charge in [-0.2, -0.15) is 5.26 Å². The molecule has 19 heavy (non-hydrogen) atoms. The van der Waals surface area contributed by atoms with Crippen molar-refractivity contribution in [2.45, 2.75) is 56.0 Å². The van der Waals surface area contributed by atoms with Gasteiger partial charge >= 0.3 is 0 Å². The number of fused-ring (bicyclic) bond motifs is 3. The molecule has 0 aromatic rings. The first-order chi connectivity index (χ1) is 9.13. The summed E-state index contributed by atoms with van der Waals surface area (Å²) in [6, 6.07) is 1.16. The van der Waals surface area contributed by atoms with Crippen molar-refractivity contribution < 1.29 is 15.0 Å². The molecule has 6 unspecified atom stereocenters. The van der Waals surface area contributed by atoms with Gasteiger partial charge < -0.3 is 20.4 Å². The highest BCUT2D eigenvalue weighted by molar-refractivity contribution is 5.83. The number of nitrogens with zero attached hydrogens (tertiary/aromatic N) is 2. The smallest absolute Gasteiger partial charge is 0.241 e. The number of aliphatic hydroxyl groups is 2.